The predicted molar refractivity (Wildman–Crippen MR) is 252 cm³/mol. The summed E-state index contributed by atoms with van der Waals surface area (Å²) in [5, 5.41) is 70.5. The standard InChI is InChI=1S/2C21H12N4O7.C4H10N2/c2*26-20-17-3-1-2-4-18(17)22-19(23(20)14-7-5-12(6-8-14)21(27)28)13-9-15(24(29)30)11-16(10-13)25(31)32;1-2-6-4-3-5-1/h2*1-11H,(H,27,28);5-6H,1-4H2. The second kappa shape index (κ2) is 20.7. The molecule has 0 aliphatic carbocycles. The van der Waals surface area contributed by atoms with E-state index in [0.717, 1.165) is 71.7 Å². The Morgan fingerprint density at radius 3 is 1.04 bits per heavy atom. The van der Waals surface area contributed by atoms with Gasteiger partial charge in [0.15, 0.2) is 0 Å². The molecule has 1 saturated heterocycles. The number of fused-ring (bicyclic) bond motifs is 2. The number of carboxylic acids is 2. The van der Waals surface area contributed by atoms with Crippen molar-refractivity contribution in [1.82, 2.24) is 29.7 Å². The maximum absolute atomic E-state index is 13.3. The van der Waals surface area contributed by atoms with E-state index < -0.39 is 65.5 Å². The number of aromatic nitrogens is 4. The van der Waals surface area contributed by atoms with Crippen molar-refractivity contribution in [3.05, 3.63) is 206 Å². The first-order valence-corrected chi connectivity index (χ1v) is 20.5. The zero-order valence-corrected chi connectivity index (χ0v) is 35.9. The van der Waals surface area contributed by atoms with Crippen molar-refractivity contribution in [2.45, 2.75) is 0 Å². The molecule has 0 saturated carbocycles. The van der Waals surface area contributed by atoms with Crippen LogP contribution < -0.4 is 21.8 Å². The number of hydrogen-bond donors (Lipinski definition) is 4. The third kappa shape index (κ3) is 10.5. The topological polar surface area (TPSA) is 341 Å². The molecule has 4 N–H and O–H groups in total. The lowest BCUT2D eigenvalue weighted by Gasteiger charge is -2.14. The lowest BCUT2D eigenvalue weighted by atomic mass is 10.1. The minimum Gasteiger partial charge on any atom is -0.478 e. The summed E-state index contributed by atoms with van der Waals surface area (Å²) in [4.78, 5) is 100. The number of piperazine rings is 1. The number of benzene rings is 6. The molecular formula is C46H34N10O14. The smallest absolute Gasteiger partial charge is 0.335 e. The van der Waals surface area contributed by atoms with Gasteiger partial charge in [0.25, 0.3) is 33.9 Å². The fourth-order valence-electron chi connectivity index (χ4n) is 7.11. The Labute approximate surface area is 391 Å². The van der Waals surface area contributed by atoms with Crippen LogP contribution in [0.15, 0.2) is 143 Å². The van der Waals surface area contributed by atoms with Crippen LogP contribution in [0.4, 0.5) is 22.7 Å². The summed E-state index contributed by atoms with van der Waals surface area (Å²) in [6.07, 6.45) is 0. The average molecular weight is 951 g/mol. The molecular weight excluding hydrogens is 917 g/mol. The number of para-hydroxylation sites is 2. The number of non-ortho nitro benzene ring substituents is 4. The van der Waals surface area contributed by atoms with E-state index in [1.807, 2.05) is 0 Å². The summed E-state index contributed by atoms with van der Waals surface area (Å²) < 4.78 is 2.27. The quantitative estimate of drug-likeness (QED) is 0.0861. The summed E-state index contributed by atoms with van der Waals surface area (Å²) in [5.41, 5.74) is -2.20. The maximum Gasteiger partial charge on any atom is 0.335 e. The van der Waals surface area contributed by atoms with Crippen molar-refractivity contribution in [2.75, 3.05) is 26.2 Å². The number of rotatable bonds is 10. The van der Waals surface area contributed by atoms with E-state index in [2.05, 4.69) is 20.6 Å². The van der Waals surface area contributed by atoms with Gasteiger partial charge in [-0.25, -0.2) is 19.6 Å². The highest BCUT2D eigenvalue weighted by molar-refractivity contribution is 5.89. The molecule has 9 rings (SSSR count). The molecule has 352 valence electrons. The van der Waals surface area contributed by atoms with E-state index in [-0.39, 0.29) is 56.0 Å². The molecule has 0 unspecified atom stereocenters. The van der Waals surface area contributed by atoms with Gasteiger partial charge in [0.05, 0.1) is 76.1 Å². The Kier molecular flexibility index (Phi) is 14.2. The van der Waals surface area contributed by atoms with Crippen LogP contribution in [-0.2, 0) is 0 Å². The van der Waals surface area contributed by atoms with Crippen LogP contribution >= 0.6 is 0 Å². The summed E-state index contributed by atoms with van der Waals surface area (Å²) in [6, 6.07) is 29.5. The lowest BCUT2D eigenvalue weighted by molar-refractivity contribution is -0.394. The Morgan fingerprint density at radius 1 is 0.471 bits per heavy atom. The third-order valence-corrected chi connectivity index (χ3v) is 10.4. The van der Waals surface area contributed by atoms with E-state index in [1.54, 1.807) is 48.5 Å². The highest BCUT2D eigenvalue weighted by Gasteiger charge is 2.24. The SMILES string of the molecule is C1CNCCN1.O=C(O)c1ccc(-n2c(-c3cc([N+](=O)[O-])cc([N+](=O)[O-])c3)nc3ccccc3c2=O)cc1.O=C(O)c1ccc(-n2c(-c3cc([N+](=O)[O-])cc([N+](=O)[O-])c3)nc3ccccc3c2=O)cc1. The molecule has 70 heavy (non-hydrogen) atoms. The number of carboxylic acid groups (broad SMARTS) is 2. The Bertz CT molecular complexity index is 3220. The fraction of sp³-hybridized carbons (Fsp3) is 0.0870. The first-order valence-electron chi connectivity index (χ1n) is 20.5. The zero-order chi connectivity index (χ0) is 50.2. The molecule has 6 aromatic carbocycles. The van der Waals surface area contributed by atoms with Gasteiger partial charge in [0.1, 0.15) is 11.6 Å². The second-order valence-corrected chi connectivity index (χ2v) is 14.9. The third-order valence-electron chi connectivity index (χ3n) is 10.4. The number of hydrogen-bond acceptors (Lipinski definition) is 16. The molecule has 0 atom stereocenters. The van der Waals surface area contributed by atoms with Gasteiger partial charge < -0.3 is 20.8 Å². The molecule has 2 aromatic heterocycles. The fourth-order valence-corrected chi connectivity index (χ4v) is 7.11. The van der Waals surface area contributed by atoms with Crippen LogP contribution in [0.1, 0.15) is 20.7 Å². The van der Waals surface area contributed by atoms with Gasteiger partial charge in [-0.05, 0) is 72.8 Å². The highest BCUT2D eigenvalue weighted by atomic mass is 16.6. The molecule has 8 aromatic rings. The number of nitrogens with zero attached hydrogens (tertiary/aromatic N) is 8. The first-order chi connectivity index (χ1) is 33.5. The number of nitrogens with one attached hydrogen (secondary N) is 2. The van der Waals surface area contributed by atoms with Crippen LogP contribution in [0.3, 0.4) is 0 Å². The van der Waals surface area contributed by atoms with E-state index in [9.17, 15) is 59.6 Å². The molecule has 1 aliphatic heterocycles. The van der Waals surface area contributed by atoms with Crippen molar-refractivity contribution in [3.8, 4) is 34.2 Å². The Balaban J connectivity index is 0.000000184. The number of nitro groups is 4. The summed E-state index contributed by atoms with van der Waals surface area (Å²) in [6.45, 7) is 4.56. The Hall–Kier alpha value is -9.94. The maximum atomic E-state index is 13.3. The number of carbonyl (C=O) groups is 2. The summed E-state index contributed by atoms with van der Waals surface area (Å²) in [7, 11) is 0. The van der Waals surface area contributed by atoms with Crippen molar-refractivity contribution >= 4 is 56.5 Å². The number of aromatic carboxylic acids is 2. The second-order valence-electron chi connectivity index (χ2n) is 14.9. The highest BCUT2D eigenvalue weighted by Crippen LogP contribution is 2.32. The lowest BCUT2D eigenvalue weighted by Crippen LogP contribution is -2.39. The first kappa shape index (κ1) is 48.0. The van der Waals surface area contributed by atoms with Gasteiger partial charge >= 0.3 is 11.9 Å². The zero-order valence-electron chi connectivity index (χ0n) is 35.9. The molecule has 0 bridgehead atoms. The van der Waals surface area contributed by atoms with Gasteiger partial charge in [-0.15, -0.1) is 0 Å². The van der Waals surface area contributed by atoms with Gasteiger partial charge in [-0.3, -0.25) is 59.2 Å². The van der Waals surface area contributed by atoms with Crippen molar-refractivity contribution < 1.29 is 39.5 Å². The molecule has 1 aliphatic rings. The largest absolute Gasteiger partial charge is 0.478 e. The molecule has 3 heterocycles. The minimum atomic E-state index is -1.16. The van der Waals surface area contributed by atoms with Crippen LogP contribution in [0.2, 0.25) is 0 Å². The van der Waals surface area contributed by atoms with Gasteiger partial charge in [0, 0.05) is 61.6 Å². The summed E-state index contributed by atoms with van der Waals surface area (Å²) >= 11 is 0. The number of nitro benzene ring substituents is 4. The van der Waals surface area contributed by atoms with E-state index in [4.69, 9.17) is 10.2 Å². The van der Waals surface area contributed by atoms with E-state index in [0.29, 0.717) is 11.0 Å². The van der Waals surface area contributed by atoms with Crippen LogP contribution in [-0.4, -0.2) is 87.1 Å². The van der Waals surface area contributed by atoms with Gasteiger partial charge in [-0.1, -0.05) is 24.3 Å². The average Bonchev–Trinajstić information content (AvgIpc) is 3.37. The minimum absolute atomic E-state index is 0.0110. The van der Waals surface area contributed by atoms with Crippen molar-refractivity contribution in [1.29, 1.82) is 0 Å². The molecule has 0 spiro atoms. The van der Waals surface area contributed by atoms with Crippen LogP contribution in [0.25, 0.3) is 56.0 Å². The van der Waals surface area contributed by atoms with Crippen molar-refractivity contribution in [2.24, 2.45) is 0 Å². The van der Waals surface area contributed by atoms with Crippen LogP contribution in [0, 0.1) is 40.5 Å². The normalized spacial score (nSPS) is 11.9. The van der Waals surface area contributed by atoms with Gasteiger partial charge in [-0.2, -0.15) is 0 Å². The van der Waals surface area contributed by atoms with E-state index in [1.165, 1.54) is 48.5 Å². The molecule has 0 radical (unpaired) electrons. The van der Waals surface area contributed by atoms with Gasteiger partial charge in [0.2, 0.25) is 0 Å². The monoisotopic (exact) mass is 950 g/mol. The Morgan fingerprint density at radius 2 is 0.771 bits per heavy atom. The molecule has 24 heteroatoms. The van der Waals surface area contributed by atoms with E-state index >= 15 is 0 Å². The molecule has 0 amide bonds. The molecule has 1 fully saturated rings. The summed E-state index contributed by atoms with van der Waals surface area (Å²) in [5.74, 6) is -2.45. The predicted octanol–water partition coefficient (Wildman–Crippen LogP) is 6.31. The van der Waals surface area contributed by atoms with Crippen LogP contribution in [0.5, 0.6) is 0 Å². The van der Waals surface area contributed by atoms with Crippen molar-refractivity contribution in [3.63, 3.8) is 0 Å². The molecule has 24 nitrogen and oxygen atoms in total.